The molecule has 10 heteroatoms. The molecule has 10 nitrogen and oxygen atoms in total. The number of carbonyl (C=O) groups is 3. The summed E-state index contributed by atoms with van der Waals surface area (Å²) in [5, 5.41) is 11.0. The highest BCUT2D eigenvalue weighted by atomic mass is 16.6. The highest BCUT2D eigenvalue weighted by molar-refractivity contribution is 6.07. The van der Waals surface area contributed by atoms with Gasteiger partial charge in [0.2, 0.25) is 11.8 Å². The number of para-hydroxylation sites is 2. The minimum Gasteiger partial charge on any atom is -0.472 e. The van der Waals surface area contributed by atoms with E-state index in [1.807, 2.05) is 72.8 Å². The zero-order valence-electron chi connectivity index (χ0n) is 26.0. The summed E-state index contributed by atoms with van der Waals surface area (Å²) < 4.78 is 13.5. The Balaban J connectivity index is 1.19. The zero-order chi connectivity index (χ0) is 32.2. The predicted molar refractivity (Wildman–Crippen MR) is 175 cm³/mol. The Bertz CT molecular complexity index is 2030. The predicted octanol–water partition coefficient (Wildman–Crippen LogP) is 5.90. The zero-order valence-corrected chi connectivity index (χ0v) is 26.0. The molecule has 2 amide bonds. The third kappa shape index (κ3) is 5.13. The molecule has 2 fully saturated rings. The van der Waals surface area contributed by atoms with Crippen LogP contribution in [0.1, 0.15) is 38.4 Å². The Kier molecular flexibility index (Phi) is 7.03. The number of carbonyl (C=O) groups excluding carboxylic acids is 3. The number of ether oxygens (including phenoxy) is 2. The van der Waals surface area contributed by atoms with E-state index in [1.165, 1.54) is 9.58 Å². The largest absolute Gasteiger partial charge is 0.472 e. The monoisotopic (exact) mass is 617 g/mol. The summed E-state index contributed by atoms with van der Waals surface area (Å²) in [5.74, 6) is -0.685. The van der Waals surface area contributed by atoms with Gasteiger partial charge in [-0.2, -0.15) is 9.78 Å². The SMILES string of the molecule is C=CC1CC1(NC(=O)C1CC(Oc2nc3ccccc3c3ccccc23)CN1C(=O)OC(C)(C)C)C(=O)n1ncc2ccccc21. The molecule has 234 valence electrons. The molecule has 4 atom stereocenters. The fourth-order valence-corrected chi connectivity index (χ4v) is 6.42. The molecular weight excluding hydrogens is 582 g/mol. The molecule has 1 saturated heterocycles. The van der Waals surface area contributed by atoms with Gasteiger partial charge in [-0.3, -0.25) is 14.5 Å². The van der Waals surface area contributed by atoms with Crippen LogP contribution < -0.4 is 10.1 Å². The molecule has 0 bridgehead atoms. The topological polar surface area (TPSA) is 116 Å². The van der Waals surface area contributed by atoms with Crippen molar-refractivity contribution in [1.29, 1.82) is 0 Å². The summed E-state index contributed by atoms with van der Waals surface area (Å²) in [6.45, 7) is 9.32. The number of rotatable bonds is 6. The van der Waals surface area contributed by atoms with Crippen molar-refractivity contribution in [3.8, 4) is 5.88 Å². The summed E-state index contributed by atoms with van der Waals surface area (Å²) >= 11 is 0. The van der Waals surface area contributed by atoms with Crippen molar-refractivity contribution < 1.29 is 23.9 Å². The summed E-state index contributed by atoms with van der Waals surface area (Å²) in [6, 6.07) is 22.2. The van der Waals surface area contributed by atoms with Gasteiger partial charge in [-0.05, 0) is 50.8 Å². The van der Waals surface area contributed by atoms with Gasteiger partial charge in [0, 0.05) is 28.5 Å². The van der Waals surface area contributed by atoms with Crippen LogP contribution in [0.3, 0.4) is 0 Å². The second-order valence-electron chi connectivity index (χ2n) is 13.0. The van der Waals surface area contributed by atoms with E-state index in [1.54, 1.807) is 33.0 Å². The van der Waals surface area contributed by atoms with Gasteiger partial charge in [0.05, 0.1) is 23.8 Å². The van der Waals surface area contributed by atoms with E-state index in [2.05, 4.69) is 17.0 Å². The first-order chi connectivity index (χ1) is 22.1. The Morgan fingerprint density at radius 3 is 2.41 bits per heavy atom. The molecule has 3 aromatic carbocycles. The quantitative estimate of drug-likeness (QED) is 0.186. The Morgan fingerprint density at radius 1 is 0.978 bits per heavy atom. The summed E-state index contributed by atoms with van der Waals surface area (Å²) in [6.07, 6.45) is 2.66. The number of pyridine rings is 1. The van der Waals surface area contributed by atoms with Crippen molar-refractivity contribution >= 4 is 50.5 Å². The van der Waals surface area contributed by atoms with Gasteiger partial charge in [-0.1, -0.05) is 60.7 Å². The number of likely N-dealkylation sites (tertiary alicyclic amines) is 1. The lowest BCUT2D eigenvalue weighted by Gasteiger charge is -2.29. The van der Waals surface area contributed by atoms with E-state index in [0.29, 0.717) is 17.8 Å². The lowest BCUT2D eigenvalue weighted by Crippen LogP contribution is -2.54. The van der Waals surface area contributed by atoms with Crippen LogP contribution in [0.25, 0.3) is 32.6 Å². The van der Waals surface area contributed by atoms with Gasteiger partial charge in [0.1, 0.15) is 23.3 Å². The average Bonchev–Trinajstić information content (AvgIpc) is 3.35. The summed E-state index contributed by atoms with van der Waals surface area (Å²) in [7, 11) is 0. The average molecular weight is 618 g/mol. The van der Waals surface area contributed by atoms with E-state index in [4.69, 9.17) is 14.5 Å². The number of nitrogens with zero attached hydrogens (tertiary/aromatic N) is 4. The van der Waals surface area contributed by atoms with Crippen molar-refractivity contribution in [2.45, 2.75) is 56.9 Å². The van der Waals surface area contributed by atoms with Gasteiger partial charge >= 0.3 is 6.09 Å². The van der Waals surface area contributed by atoms with Crippen LogP contribution >= 0.6 is 0 Å². The third-order valence-electron chi connectivity index (χ3n) is 8.74. The second kappa shape index (κ2) is 11.0. The van der Waals surface area contributed by atoms with Gasteiger partial charge < -0.3 is 14.8 Å². The molecule has 2 aromatic heterocycles. The fourth-order valence-electron chi connectivity index (χ4n) is 6.42. The van der Waals surface area contributed by atoms with Gasteiger partial charge in [0.25, 0.3) is 5.91 Å². The highest BCUT2D eigenvalue weighted by Gasteiger charge is 2.61. The molecule has 1 saturated carbocycles. The minimum absolute atomic E-state index is 0.103. The van der Waals surface area contributed by atoms with Crippen molar-refractivity contribution in [2.24, 2.45) is 5.92 Å². The van der Waals surface area contributed by atoms with Crippen LogP contribution in [0.4, 0.5) is 4.79 Å². The van der Waals surface area contributed by atoms with E-state index >= 15 is 0 Å². The standard InChI is InChI=1S/C36H35N5O5/c1-5-23-19-36(23,33(43)41-29-17-11-6-12-22(29)20-37-41)39-31(42)30-18-24(21-40(30)34(44)46-35(2,3)4)45-32-27-15-8-7-13-25(27)26-14-9-10-16-28(26)38-32/h5-17,20,23-24,30H,1,18-19,21H2,2-4H3,(H,39,42). The lowest BCUT2D eigenvalue weighted by atomic mass is 10.1. The molecule has 3 heterocycles. The summed E-state index contributed by atoms with van der Waals surface area (Å²) in [4.78, 5) is 47.8. The molecule has 1 N–H and O–H groups in total. The molecule has 0 radical (unpaired) electrons. The normalized spacial score (nSPS) is 22.6. The first-order valence-corrected chi connectivity index (χ1v) is 15.4. The number of amides is 2. The highest BCUT2D eigenvalue weighted by Crippen LogP contribution is 2.46. The van der Waals surface area contributed by atoms with Gasteiger partial charge in [0.15, 0.2) is 0 Å². The van der Waals surface area contributed by atoms with Crippen molar-refractivity contribution in [2.75, 3.05) is 6.54 Å². The first kappa shape index (κ1) is 29.5. The number of benzene rings is 3. The molecule has 46 heavy (non-hydrogen) atoms. The molecule has 5 aromatic rings. The first-order valence-electron chi connectivity index (χ1n) is 15.4. The van der Waals surface area contributed by atoms with E-state index < -0.39 is 35.3 Å². The number of fused-ring (bicyclic) bond motifs is 4. The molecule has 7 rings (SSSR count). The van der Waals surface area contributed by atoms with E-state index in [-0.39, 0.29) is 24.8 Å². The van der Waals surface area contributed by atoms with Crippen LogP contribution in [0.15, 0.2) is 91.6 Å². The lowest BCUT2D eigenvalue weighted by molar-refractivity contribution is -0.126. The van der Waals surface area contributed by atoms with Gasteiger partial charge in [-0.15, -0.1) is 6.58 Å². The van der Waals surface area contributed by atoms with Crippen molar-refractivity contribution in [3.05, 3.63) is 91.6 Å². The maximum Gasteiger partial charge on any atom is 0.411 e. The summed E-state index contributed by atoms with van der Waals surface area (Å²) in [5.41, 5.74) is -0.586. The van der Waals surface area contributed by atoms with Crippen LogP contribution in [0.2, 0.25) is 0 Å². The number of hydrogen-bond donors (Lipinski definition) is 1. The Labute approximate surface area is 266 Å². The molecule has 0 spiro atoms. The smallest absolute Gasteiger partial charge is 0.411 e. The maximum absolute atomic E-state index is 14.1. The van der Waals surface area contributed by atoms with Gasteiger partial charge in [-0.25, -0.2) is 9.78 Å². The minimum atomic E-state index is -1.23. The van der Waals surface area contributed by atoms with Crippen molar-refractivity contribution in [1.82, 2.24) is 25.0 Å². The molecule has 2 aliphatic rings. The van der Waals surface area contributed by atoms with E-state index in [9.17, 15) is 14.4 Å². The Morgan fingerprint density at radius 2 is 1.67 bits per heavy atom. The van der Waals surface area contributed by atoms with Crippen LogP contribution in [0.5, 0.6) is 5.88 Å². The Hall–Kier alpha value is -5.25. The molecule has 4 unspecified atom stereocenters. The fraction of sp³-hybridized carbons (Fsp3) is 0.306. The van der Waals surface area contributed by atoms with Crippen LogP contribution in [-0.4, -0.2) is 67.4 Å². The number of hydrogen-bond acceptors (Lipinski definition) is 7. The molecular formula is C36H35N5O5. The van der Waals surface area contributed by atoms with Crippen LogP contribution in [-0.2, 0) is 9.53 Å². The maximum atomic E-state index is 14.1. The number of aromatic nitrogens is 3. The molecule has 1 aliphatic carbocycles. The van der Waals surface area contributed by atoms with Crippen LogP contribution in [0, 0.1) is 5.92 Å². The third-order valence-corrected chi connectivity index (χ3v) is 8.74. The second-order valence-corrected chi connectivity index (χ2v) is 13.0. The number of nitrogens with one attached hydrogen (secondary N) is 1. The van der Waals surface area contributed by atoms with Crippen molar-refractivity contribution in [3.63, 3.8) is 0 Å². The van der Waals surface area contributed by atoms with E-state index in [0.717, 1.165) is 27.1 Å². The molecule has 1 aliphatic heterocycles.